The molecule has 0 aliphatic rings. The van der Waals surface area contributed by atoms with Crippen LogP contribution in [0.25, 0.3) is 17.0 Å². The van der Waals surface area contributed by atoms with Crippen LogP contribution < -0.4 is 16.0 Å². The van der Waals surface area contributed by atoms with E-state index in [-0.39, 0.29) is 19.0 Å². The van der Waals surface area contributed by atoms with Crippen molar-refractivity contribution in [3.8, 4) is 0 Å². The highest BCUT2D eigenvalue weighted by molar-refractivity contribution is 5.93. The van der Waals surface area contributed by atoms with Gasteiger partial charge in [0.15, 0.2) is 0 Å². The molecule has 0 bridgehead atoms. The highest BCUT2D eigenvalue weighted by atomic mass is 19.1. The second kappa shape index (κ2) is 10.7. The van der Waals surface area contributed by atoms with Gasteiger partial charge in [-0.1, -0.05) is 18.2 Å². The molecule has 0 aliphatic carbocycles. The number of urea groups is 1. The van der Waals surface area contributed by atoms with Crippen molar-refractivity contribution < 1.29 is 13.9 Å². The Morgan fingerprint density at radius 2 is 1.91 bits per heavy atom. The fourth-order valence-corrected chi connectivity index (χ4v) is 3.00. The summed E-state index contributed by atoms with van der Waals surface area (Å²) in [5, 5.41) is 18.0. The third-order valence-electron chi connectivity index (χ3n) is 4.66. The van der Waals surface area contributed by atoms with Gasteiger partial charge >= 0.3 is 6.03 Å². The number of anilines is 3. The molecule has 8 heteroatoms. The first-order valence-electron chi connectivity index (χ1n) is 10.4. The van der Waals surface area contributed by atoms with Crippen molar-refractivity contribution >= 4 is 40.1 Å². The Kier molecular flexibility index (Phi) is 7.72. The molecule has 3 rings (SSSR count). The van der Waals surface area contributed by atoms with Crippen molar-refractivity contribution in [3.05, 3.63) is 60.3 Å². The van der Waals surface area contributed by atoms with Crippen molar-refractivity contribution in [2.45, 2.75) is 25.9 Å². The summed E-state index contributed by atoms with van der Waals surface area (Å²) < 4.78 is 18.5. The van der Waals surface area contributed by atoms with Crippen molar-refractivity contribution in [2.24, 2.45) is 0 Å². The second-order valence-corrected chi connectivity index (χ2v) is 7.94. The number of fused-ring (bicyclic) bond motifs is 1. The van der Waals surface area contributed by atoms with Gasteiger partial charge in [0.05, 0.1) is 24.0 Å². The molecule has 0 radical (unpaired) electrons. The summed E-state index contributed by atoms with van der Waals surface area (Å²) in [5.74, 6) is 0. The van der Waals surface area contributed by atoms with Crippen LogP contribution in [0.1, 0.15) is 25.8 Å². The highest BCUT2D eigenvalue weighted by Gasteiger charge is 2.15. The standard InChI is InChI=1S/C24H28FN5O2/c1-24(2,25)12-13-26-23(31)29-19-9-7-18(8-10-19)28-22-16-27-30-21-15-17(5-4-14-32-3)6-11-20(21)22/h4-11,15-16H,12-14H2,1-3H3,(H,28,30)(H2,26,29,31). The first-order valence-corrected chi connectivity index (χ1v) is 10.4. The highest BCUT2D eigenvalue weighted by Crippen LogP contribution is 2.26. The molecule has 0 saturated carbocycles. The number of carbonyl (C=O) groups excluding carboxylic acids is 1. The molecule has 0 aliphatic heterocycles. The Labute approximate surface area is 187 Å². The third kappa shape index (κ3) is 7.02. The van der Waals surface area contributed by atoms with Crippen LogP contribution in [0, 0.1) is 0 Å². The predicted molar refractivity (Wildman–Crippen MR) is 127 cm³/mol. The van der Waals surface area contributed by atoms with Crippen molar-refractivity contribution in [1.29, 1.82) is 0 Å². The number of benzene rings is 2. The molecular weight excluding hydrogens is 409 g/mol. The normalized spacial score (nSPS) is 11.6. The van der Waals surface area contributed by atoms with Crippen LogP contribution in [-0.4, -0.2) is 42.2 Å². The van der Waals surface area contributed by atoms with Crippen LogP contribution >= 0.6 is 0 Å². The van der Waals surface area contributed by atoms with E-state index in [0.29, 0.717) is 12.3 Å². The maximum absolute atomic E-state index is 13.5. The van der Waals surface area contributed by atoms with E-state index in [9.17, 15) is 9.18 Å². The summed E-state index contributed by atoms with van der Waals surface area (Å²) in [6, 6.07) is 12.9. The summed E-state index contributed by atoms with van der Waals surface area (Å²) in [5.41, 5.74) is 2.79. The van der Waals surface area contributed by atoms with E-state index >= 15 is 0 Å². The van der Waals surface area contributed by atoms with E-state index in [1.54, 1.807) is 25.4 Å². The summed E-state index contributed by atoms with van der Waals surface area (Å²) in [4.78, 5) is 11.9. The van der Waals surface area contributed by atoms with E-state index in [2.05, 4.69) is 26.1 Å². The van der Waals surface area contributed by atoms with Crippen LogP contribution in [0.5, 0.6) is 0 Å². The van der Waals surface area contributed by atoms with E-state index in [1.807, 2.05) is 42.5 Å². The number of amides is 2. The number of halogens is 1. The molecule has 0 fully saturated rings. The summed E-state index contributed by atoms with van der Waals surface area (Å²) in [6.07, 6.45) is 5.84. The molecule has 1 heterocycles. The zero-order valence-corrected chi connectivity index (χ0v) is 18.5. The van der Waals surface area contributed by atoms with Gasteiger partial charge in [0.25, 0.3) is 0 Å². The van der Waals surface area contributed by atoms with Gasteiger partial charge < -0.3 is 20.7 Å². The molecule has 0 atom stereocenters. The molecule has 3 N–H and O–H groups in total. The van der Waals surface area contributed by atoms with Crippen LogP contribution in [0.4, 0.5) is 26.2 Å². The molecule has 3 aromatic rings. The smallest absolute Gasteiger partial charge is 0.319 e. The molecule has 1 aromatic heterocycles. The first-order chi connectivity index (χ1) is 15.3. The number of hydrogen-bond acceptors (Lipinski definition) is 5. The number of aromatic nitrogens is 2. The minimum absolute atomic E-state index is 0.252. The average Bonchev–Trinajstić information content (AvgIpc) is 2.74. The molecule has 0 saturated heterocycles. The van der Waals surface area contributed by atoms with Crippen molar-refractivity contribution in [1.82, 2.24) is 15.5 Å². The Bertz CT molecular complexity index is 1080. The summed E-state index contributed by atoms with van der Waals surface area (Å²) in [6.45, 7) is 3.78. The SMILES string of the molecule is COCC=Cc1ccc2c(Nc3ccc(NC(=O)NCCC(C)(C)F)cc3)cnnc2c1. The molecule has 168 valence electrons. The van der Waals surface area contributed by atoms with Crippen molar-refractivity contribution in [3.63, 3.8) is 0 Å². The summed E-state index contributed by atoms with van der Waals surface area (Å²) in [7, 11) is 1.65. The average molecular weight is 438 g/mol. The maximum Gasteiger partial charge on any atom is 0.319 e. The Balaban J connectivity index is 1.63. The van der Waals surface area contributed by atoms with Gasteiger partial charge in [-0.15, -0.1) is 0 Å². The summed E-state index contributed by atoms with van der Waals surface area (Å²) >= 11 is 0. The number of nitrogens with one attached hydrogen (secondary N) is 3. The fraction of sp³-hybridized carbons (Fsp3) is 0.292. The largest absolute Gasteiger partial charge is 0.381 e. The van der Waals surface area contributed by atoms with E-state index in [1.165, 1.54) is 13.8 Å². The topological polar surface area (TPSA) is 88.2 Å². The number of ether oxygens (including phenoxy) is 1. The lowest BCUT2D eigenvalue weighted by molar-refractivity contribution is 0.200. The van der Waals surface area contributed by atoms with Crippen LogP contribution in [0.2, 0.25) is 0 Å². The predicted octanol–water partition coefficient (Wildman–Crippen LogP) is 5.29. The number of methoxy groups -OCH3 is 1. The molecule has 7 nitrogen and oxygen atoms in total. The third-order valence-corrected chi connectivity index (χ3v) is 4.66. The lowest BCUT2D eigenvalue weighted by Gasteiger charge is -2.14. The van der Waals surface area contributed by atoms with Crippen LogP contribution in [-0.2, 0) is 4.74 Å². The molecular formula is C24H28FN5O2. The van der Waals surface area contributed by atoms with Gasteiger partial charge in [-0.3, -0.25) is 0 Å². The van der Waals surface area contributed by atoms with E-state index in [4.69, 9.17) is 4.74 Å². The zero-order valence-electron chi connectivity index (χ0n) is 18.5. The number of nitrogens with zero attached hydrogens (tertiary/aromatic N) is 2. The Morgan fingerprint density at radius 1 is 1.16 bits per heavy atom. The number of alkyl halides is 1. The van der Waals surface area contributed by atoms with Gasteiger partial charge in [0.1, 0.15) is 5.67 Å². The van der Waals surface area contributed by atoms with Gasteiger partial charge in [-0.25, -0.2) is 9.18 Å². The Hall–Kier alpha value is -3.52. The quantitative estimate of drug-likeness (QED) is 0.423. The van der Waals surface area contributed by atoms with Crippen molar-refractivity contribution in [2.75, 3.05) is 30.9 Å². The maximum atomic E-state index is 13.5. The van der Waals surface area contributed by atoms with E-state index < -0.39 is 5.67 Å². The van der Waals surface area contributed by atoms with Gasteiger partial charge in [-0.05, 0) is 62.2 Å². The molecule has 0 unspecified atom stereocenters. The molecule has 32 heavy (non-hydrogen) atoms. The lowest BCUT2D eigenvalue weighted by atomic mass is 10.1. The molecule has 0 spiro atoms. The Morgan fingerprint density at radius 3 is 2.62 bits per heavy atom. The van der Waals surface area contributed by atoms with E-state index in [0.717, 1.165) is 27.8 Å². The molecule has 2 amide bonds. The lowest BCUT2D eigenvalue weighted by Crippen LogP contribution is -2.32. The monoisotopic (exact) mass is 437 g/mol. The van der Waals surface area contributed by atoms with Crippen LogP contribution in [0.15, 0.2) is 54.7 Å². The zero-order chi connectivity index (χ0) is 23.0. The number of rotatable bonds is 9. The number of carbonyl (C=O) groups is 1. The molecule has 2 aromatic carbocycles. The van der Waals surface area contributed by atoms with Crippen LogP contribution in [0.3, 0.4) is 0 Å². The minimum Gasteiger partial charge on any atom is -0.381 e. The number of hydrogen-bond donors (Lipinski definition) is 3. The van der Waals surface area contributed by atoms with Gasteiger partial charge in [-0.2, -0.15) is 10.2 Å². The van der Waals surface area contributed by atoms with Gasteiger partial charge in [0, 0.05) is 30.4 Å². The first kappa shape index (κ1) is 23.1. The minimum atomic E-state index is -1.31. The second-order valence-electron chi connectivity index (χ2n) is 7.94. The van der Waals surface area contributed by atoms with Gasteiger partial charge in [0.2, 0.25) is 0 Å². The fourth-order valence-electron chi connectivity index (χ4n) is 3.00.